The Labute approximate surface area is 87.9 Å². The number of alkyl halides is 1. The van der Waals surface area contributed by atoms with E-state index in [1.165, 1.54) is 0 Å². The molecule has 0 aromatic heterocycles. The highest BCUT2D eigenvalue weighted by Gasteiger charge is 2.61. The van der Waals surface area contributed by atoms with E-state index in [-0.39, 0.29) is 17.3 Å². The lowest BCUT2D eigenvalue weighted by molar-refractivity contribution is -0.139. The molecule has 1 N–H and O–H groups in total. The molecule has 0 spiro atoms. The topological polar surface area (TPSA) is 58.9 Å². The van der Waals surface area contributed by atoms with Crippen LogP contribution in [0.1, 0.15) is 13.8 Å². The fourth-order valence-corrected chi connectivity index (χ4v) is 1.69. The van der Waals surface area contributed by atoms with Crippen LogP contribution in [0.5, 0.6) is 0 Å². The van der Waals surface area contributed by atoms with Crippen LogP contribution < -0.4 is 0 Å². The van der Waals surface area contributed by atoms with Crippen LogP contribution >= 0.6 is 11.6 Å². The fraction of sp³-hybridized carbons (Fsp3) is 0.778. The Morgan fingerprint density at radius 3 is 2.79 bits per heavy atom. The number of rotatable bonds is 5. The molecule has 1 saturated carbocycles. The highest BCUT2D eigenvalue weighted by molar-refractivity contribution is 6.17. The van der Waals surface area contributed by atoms with Crippen molar-refractivity contribution in [3.63, 3.8) is 0 Å². The predicted molar refractivity (Wildman–Crippen MR) is 53.6 cm³/mol. The largest absolute Gasteiger partial charge is 0.481 e. The molecule has 0 radical (unpaired) electrons. The molecule has 14 heavy (non-hydrogen) atoms. The van der Waals surface area contributed by atoms with Crippen LogP contribution in [-0.2, 0) is 9.63 Å². The van der Waals surface area contributed by atoms with Gasteiger partial charge in [-0.3, -0.25) is 4.79 Å². The van der Waals surface area contributed by atoms with Gasteiger partial charge in [0.25, 0.3) is 0 Å². The van der Waals surface area contributed by atoms with Crippen molar-refractivity contribution in [1.82, 2.24) is 0 Å². The molecular formula is C9H14ClNO3. The first-order valence-corrected chi connectivity index (χ1v) is 4.99. The molecule has 2 atom stereocenters. The van der Waals surface area contributed by atoms with Crippen LogP contribution in [0.2, 0.25) is 0 Å². The number of halogens is 1. The van der Waals surface area contributed by atoms with E-state index in [1.54, 1.807) is 6.21 Å². The van der Waals surface area contributed by atoms with Gasteiger partial charge in [0, 0.05) is 12.1 Å². The summed E-state index contributed by atoms with van der Waals surface area (Å²) in [5, 5.41) is 12.5. The number of carboxylic acids is 1. The summed E-state index contributed by atoms with van der Waals surface area (Å²) in [6.45, 7) is 4.16. The average Bonchev–Trinajstić information content (AvgIpc) is 2.62. The Balaban J connectivity index is 2.41. The number of hydrogen-bond donors (Lipinski definition) is 1. The molecule has 0 aromatic rings. The third-order valence-corrected chi connectivity index (χ3v) is 2.80. The van der Waals surface area contributed by atoms with E-state index in [0.717, 1.165) is 0 Å². The van der Waals surface area contributed by atoms with E-state index in [1.807, 2.05) is 13.8 Å². The lowest BCUT2D eigenvalue weighted by Crippen LogP contribution is -2.03. The standard InChI is InChI=1S/C9H14ClNO3/c1-9(2)6(7(9)8(12)13)5-11-14-4-3-10/h5-7H,3-4H2,1-2H3,(H,12,13)/t6-,7-/m0/s1. The first kappa shape index (κ1) is 11.3. The van der Waals surface area contributed by atoms with E-state index in [4.69, 9.17) is 21.5 Å². The van der Waals surface area contributed by atoms with Gasteiger partial charge in [0.05, 0.1) is 11.8 Å². The van der Waals surface area contributed by atoms with E-state index in [2.05, 4.69) is 5.16 Å². The first-order valence-electron chi connectivity index (χ1n) is 4.46. The van der Waals surface area contributed by atoms with E-state index in [9.17, 15) is 4.79 Å². The summed E-state index contributed by atoms with van der Waals surface area (Å²) in [5.41, 5.74) is -0.209. The highest BCUT2D eigenvalue weighted by atomic mass is 35.5. The summed E-state index contributed by atoms with van der Waals surface area (Å²) < 4.78 is 0. The molecule has 0 aliphatic heterocycles. The fourth-order valence-electron chi connectivity index (χ4n) is 1.62. The van der Waals surface area contributed by atoms with Crippen molar-refractivity contribution in [2.45, 2.75) is 13.8 Å². The van der Waals surface area contributed by atoms with E-state index >= 15 is 0 Å². The van der Waals surface area contributed by atoms with Gasteiger partial charge in [-0.05, 0) is 5.41 Å². The maximum Gasteiger partial charge on any atom is 0.307 e. The number of oxime groups is 1. The van der Waals surface area contributed by atoms with Crippen LogP contribution in [0.25, 0.3) is 0 Å². The molecule has 0 unspecified atom stereocenters. The smallest absolute Gasteiger partial charge is 0.307 e. The lowest BCUT2D eigenvalue weighted by Gasteiger charge is -1.96. The Morgan fingerprint density at radius 1 is 1.71 bits per heavy atom. The summed E-state index contributed by atoms with van der Waals surface area (Å²) >= 11 is 5.37. The lowest BCUT2D eigenvalue weighted by atomic mass is 10.1. The van der Waals surface area contributed by atoms with Crippen LogP contribution in [-0.4, -0.2) is 29.8 Å². The number of aliphatic carboxylic acids is 1. The molecule has 0 amide bonds. The molecule has 1 aliphatic carbocycles. The van der Waals surface area contributed by atoms with Gasteiger partial charge >= 0.3 is 5.97 Å². The average molecular weight is 220 g/mol. The van der Waals surface area contributed by atoms with Crippen molar-refractivity contribution >= 4 is 23.8 Å². The van der Waals surface area contributed by atoms with Gasteiger partial charge in [-0.15, -0.1) is 11.6 Å². The summed E-state index contributed by atoms with van der Waals surface area (Å²) in [6.07, 6.45) is 1.56. The third kappa shape index (κ3) is 2.18. The quantitative estimate of drug-likeness (QED) is 0.331. The Hall–Kier alpha value is -0.770. The second kappa shape index (κ2) is 4.17. The van der Waals surface area contributed by atoms with Gasteiger partial charge in [-0.25, -0.2) is 0 Å². The SMILES string of the molecule is CC1(C)[C@H](C(=O)O)[C@@H]1C=NOCCCl. The van der Waals surface area contributed by atoms with Gasteiger partial charge in [0.15, 0.2) is 0 Å². The van der Waals surface area contributed by atoms with Gasteiger partial charge < -0.3 is 9.94 Å². The minimum Gasteiger partial charge on any atom is -0.481 e. The van der Waals surface area contributed by atoms with E-state index < -0.39 is 5.97 Å². The molecule has 0 saturated heterocycles. The summed E-state index contributed by atoms with van der Waals surface area (Å²) in [4.78, 5) is 15.6. The van der Waals surface area contributed by atoms with Crippen molar-refractivity contribution in [2.24, 2.45) is 22.4 Å². The summed E-state index contributed by atoms with van der Waals surface area (Å²) in [7, 11) is 0. The Kier molecular flexibility index (Phi) is 3.37. The number of carboxylic acid groups (broad SMARTS) is 1. The van der Waals surface area contributed by atoms with Crippen LogP contribution in [0.3, 0.4) is 0 Å². The second-order valence-corrected chi connectivity index (χ2v) is 4.32. The molecule has 80 valence electrons. The molecular weight excluding hydrogens is 206 g/mol. The van der Waals surface area contributed by atoms with Crippen molar-refractivity contribution < 1.29 is 14.7 Å². The van der Waals surface area contributed by atoms with Crippen molar-refractivity contribution in [3.8, 4) is 0 Å². The van der Waals surface area contributed by atoms with Crippen molar-refractivity contribution in [1.29, 1.82) is 0 Å². The third-order valence-electron chi connectivity index (χ3n) is 2.64. The number of nitrogens with zero attached hydrogens (tertiary/aromatic N) is 1. The molecule has 1 fully saturated rings. The van der Waals surface area contributed by atoms with Crippen LogP contribution in [0.4, 0.5) is 0 Å². The van der Waals surface area contributed by atoms with E-state index in [0.29, 0.717) is 12.5 Å². The highest BCUT2D eigenvalue weighted by Crippen LogP contribution is 2.57. The molecule has 4 nitrogen and oxygen atoms in total. The van der Waals surface area contributed by atoms with Crippen LogP contribution in [0, 0.1) is 17.3 Å². The first-order chi connectivity index (χ1) is 6.51. The van der Waals surface area contributed by atoms with Gasteiger partial charge in [-0.2, -0.15) is 0 Å². The molecule has 1 aliphatic rings. The molecule has 0 bridgehead atoms. The zero-order valence-electron chi connectivity index (χ0n) is 8.24. The Bertz CT molecular complexity index is 252. The summed E-state index contributed by atoms with van der Waals surface area (Å²) in [6, 6.07) is 0. The number of carbonyl (C=O) groups is 1. The van der Waals surface area contributed by atoms with Crippen molar-refractivity contribution in [3.05, 3.63) is 0 Å². The molecule has 0 heterocycles. The predicted octanol–water partition coefficient (Wildman–Crippen LogP) is 1.58. The minimum atomic E-state index is -0.774. The zero-order chi connectivity index (χ0) is 10.8. The van der Waals surface area contributed by atoms with Crippen LogP contribution in [0.15, 0.2) is 5.16 Å². The van der Waals surface area contributed by atoms with Gasteiger partial charge in [0.2, 0.25) is 0 Å². The second-order valence-electron chi connectivity index (χ2n) is 3.94. The van der Waals surface area contributed by atoms with Gasteiger partial charge in [0.1, 0.15) is 6.61 Å². The maximum absolute atomic E-state index is 10.8. The normalized spacial score (nSPS) is 29.1. The molecule has 5 heteroatoms. The Morgan fingerprint density at radius 2 is 2.36 bits per heavy atom. The minimum absolute atomic E-state index is 0.0321. The van der Waals surface area contributed by atoms with Gasteiger partial charge in [-0.1, -0.05) is 19.0 Å². The molecule has 0 aromatic carbocycles. The molecule has 1 rings (SSSR count). The zero-order valence-corrected chi connectivity index (χ0v) is 8.99. The monoisotopic (exact) mass is 219 g/mol. The summed E-state index contributed by atoms with van der Waals surface area (Å²) in [5.74, 6) is -0.765. The maximum atomic E-state index is 10.8. The van der Waals surface area contributed by atoms with Crippen molar-refractivity contribution in [2.75, 3.05) is 12.5 Å². The number of hydrogen-bond acceptors (Lipinski definition) is 3.